The standard InChI is InChI=1S/C17H14FNO/c1-11-8-13(10-14(18)9-11)17(20)16-15-5-3-2-4-12(15)6-7-19-16/h2-10,17,20H,1H3. The van der Waals surface area contributed by atoms with Crippen molar-refractivity contribution < 1.29 is 9.50 Å². The van der Waals surface area contributed by atoms with Crippen LogP contribution in [0.5, 0.6) is 0 Å². The van der Waals surface area contributed by atoms with E-state index >= 15 is 0 Å². The first-order valence-electron chi connectivity index (χ1n) is 6.44. The molecule has 2 aromatic carbocycles. The fourth-order valence-corrected chi connectivity index (χ4v) is 2.44. The lowest BCUT2D eigenvalue weighted by Gasteiger charge is -2.14. The van der Waals surface area contributed by atoms with Crippen molar-refractivity contribution in [2.75, 3.05) is 0 Å². The third-order valence-electron chi connectivity index (χ3n) is 3.34. The Morgan fingerprint density at radius 1 is 1.10 bits per heavy atom. The Hall–Kier alpha value is -2.26. The van der Waals surface area contributed by atoms with Gasteiger partial charge in [0.1, 0.15) is 11.9 Å². The number of nitrogens with zero attached hydrogens (tertiary/aromatic N) is 1. The fraction of sp³-hybridized carbons (Fsp3) is 0.118. The van der Waals surface area contributed by atoms with Crippen molar-refractivity contribution in [3.05, 3.63) is 77.4 Å². The van der Waals surface area contributed by atoms with E-state index in [1.165, 1.54) is 12.1 Å². The van der Waals surface area contributed by atoms with Crippen molar-refractivity contribution in [2.24, 2.45) is 0 Å². The van der Waals surface area contributed by atoms with Crippen molar-refractivity contribution in [3.8, 4) is 0 Å². The molecule has 0 saturated heterocycles. The lowest BCUT2D eigenvalue weighted by atomic mass is 9.99. The average molecular weight is 267 g/mol. The third-order valence-corrected chi connectivity index (χ3v) is 3.34. The predicted molar refractivity (Wildman–Crippen MR) is 76.9 cm³/mol. The molecule has 0 spiro atoms. The molecule has 0 bridgehead atoms. The van der Waals surface area contributed by atoms with Crippen LogP contribution in [0, 0.1) is 12.7 Å². The zero-order valence-electron chi connectivity index (χ0n) is 11.0. The summed E-state index contributed by atoms with van der Waals surface area (Å²) in [5.74, 6) is -0.348. The molecule has 2 nitrogen and oxygen atoms in total. The SMILES string of the molecule is Cc1cc(F)cc(C(O)c2nccc3ccccc23)c1. The quantitative estimate of drug-likeness (QED) is 0.766. The maximum absolute atomic E-state index is 13.5. The molecule has 0 aliphatic rings. The molecule has 0 fully saturated rings. The number of fused-ring (bicyclic) bond motifs is 1. The number of hydrogen-bond acceptors (Lipinski definition) is 2. The van der Waals surface area contributed by atoms with E-state index in [2.05, 4.69) is 4.98 Å². The Labute approximate surface area is 116 Å². The van der Waals surface area contributed by atoms with Gasteiger partial charge in [-0.25, -0.2) is 4.39 Å². The summed E-state index contributed by atoms with van der Waals surface area (Å²) < 4.78 is 13.5. The van der Waals surface area contributed by atoms with Crippen LogP contribution >= 0.6 is 0 Å². The monoisotopic (exact) mass is 267 g/mol. The molecule has 3 heteroatoms. The summed E-state index contributed by atoms with van der Waals surface area (Å²) in [6.45, 7) is 1.80. The second kappa shape index (κ2) is 5.02. The predicted octanol–water partition coefficient (Wildman–Crippen LogP) is 3.76. The Morgan fingerprint density at radius 3 is 2.70 bits per heavy atom. The Morgan fingerprint density at radius 2 is 1.90 bits per heavy atom. The molecular weight excluding hydrogens is 253 g/mol. The van der Waals surface area contributed by atoms with Crippen molar-refractivity contribution in [1.29, 1.82) is 0 Å². The first-order valence-corrected chi connectivity index (χ1v) is 6.44. The Bertz CT molecular complexity index is 744. The van der Waals surface area contributed by atoms with Crippen LogP contribution in [0.15, 0.2) is 54.7 Å². The van der Waals surface area contributed by atoms with Crippen LogP contribution in [0.3, 0.4) is 0 Å². The van der Waals surface area contributed by atoms with Gasteiger partial charge in [-0.2, -0.15) is 0 Å². The molecule has 3 rings (SSSR count). The van der Waals surface area contributed by atoms with E-state index < -0.39 is 6.10 Å². The highest BCUT2D eigenvalue weighted by Gasteiger charge is 2.16. The average Bonchev–Trinajstić information content (AvgIpc) is 2.45. The summed E-state index contributed by atoms with van der Waals surface area (Å²) in [6, 6.07) is 14.2. The van der Waals surface area contributed by atoms with Crippen LogP contribution in [0.4, 0.5) is 4.39 Å². The van der Waals surface area contributed by atoms with Gasteiger partial charge in [0.2, 0.25) is 0 Å². The lowest BCUT2D eigenvalue weighted by Crippen LogP contribution is -2.04. The minimum atomic E-state index is -0.935. The highest BCUT2D eigenvalue weighted by molar-refractivity contribution is 5.84. The zero-order valence-corrected chi connectivity index (χ0v) is 11.0. The fourth-order valence-electron chi connectivity index (χ4n) is 2.44. The molecule has 1 heterocycles. The highest BCUT2D eigenvalue weighted by Crippen LogP contribution is 2.27. The molecule has 1 atom stereocenters. The summed E-state index contributed by atoms with van der Waals surface area (Å²) in [5.41, 5.74) is 1.85. The van der Waals surface area contributed by atoms with E-state index in [4.69, 9.17) is 0 Å². The van der Waals surface area contributed by atoms with Gasteiger partial charge in [0.25, 0.3) is 0 Å². The molecule has 1 aromatic heterocycles. The van der Waals surface area contributed by atoms with Crippen LogP contribution in [0.1, 0.15) is 22.9 Å². The van der Waals surface area contributed by atoms with E-state index in [-0.39, 0.29) is 5.82 Å². The number of halogens is 1. The molecule has 20 heavy (non-hydrogen) atoms. The molecule has 0 amide bonds. The maximum atomic E-state index is 13.5. The van der Waals surface area contributed by atoms with Crippen LogP contribution in [0.25, 0.3) is 10.8 Å². The Kier molecular flexibility index (Phi) is 3.20. The second-order valence-electron chi connectivity index (χ2n) is 4.88. The summed E-state index contributed by atoms with van der Waals surface area (Å²) >= 11 is 0. The number of aliphatic hydroxyl groups is 1. The molecule has 0 aliphatic heterocycles. The maximum Gasteiger partial charge on any atom is 0.123 e. The summed E-state index contributed by atoms with van der Waals surface area (Å²) in [6.07, 6.45) is 0.725. The Balaban J connectivity index is 2.15. The first-order chi connectivity index (χ1) is 9.65. The van der Waals surface area contributed by atoms with Crippen LogP contribution < -0.4 is 0 Å². The number of rotatable bonds is 2. The molecule has 0 aliphatic carbocycles. The minimum absolute atomic E-state index is 0.348. The van der Waals surface area contributed by atoms with Gasteiger partial charge in [0.05, 0.1) is 5.69 Å². The number of pyridine rings is 1. The zero-order chi connectivity index (χ0) is 14.1. The van der Waals surface area contributed by atoms with Gasteiger partial charge in [-0.1, -0.05) is 30.3 Å². The van der Waals surface area contributed by atoms with Crippen LogP contribution in [-0.4, -0.2) is 10.1 Å². The van der Waals surface area contributed by atoms with Gasteiger partial charge >= 0.3 is 0 Å². The van der Waals surface area contributed by atoms with Gasteiger partial charge in [-0.05, 0) is 41.6 Å². The van der Waals surface area contributed by atoms with Gasteiger partial charge in [0.15, 0.2) is 0 Å². The van der Waals surface area contributed by atoms with E-state index in [0.717, 1.165) is 16.3 Å². The summed E-state index contributed by atoms with van der Waals surface area (Å²) in [5, 5.41) is 12.4. The smallest absolute Gasteiger partial charge is 0.123 e. The molecule has 1 unspecified atom stereocenters. The van der Waals surface area contributed by atoms with Crippen LogP contribution in [-0.2, 0) is 0 Å². The van der Waals surface area contributed by atoms with Crippen LogP contribution in [0.2, 0.25) is 0 Å². The summed E-state index contributed by atoms with van der Waals surface area (Å²) in [4.78, 5) is 4.27. The molecular formula is C17H14FNO. The van der Waals surface area contributed by atoms with E-state index in [9.17, 15) is 9.50 Å². The van der Waals surface area contributed by atoms with Gasteiger partial charge in [-0.3, -0.25) is 4.98 Å². The lowest BCUT2D eigenvalue weighted by molar-refractivity contribution is 0.216. The number of hydrogen-bond donors (Lipinski definition) is 1. The molecule has 100 valence electrons. The van der Waals surface area contributed by atoms with Crippen molar-refractivity contribution in [2.45, 2.75) is 13.0 Å². The van der Waals surface area contributed by atoms with E-state index in [0.29, 0.717) is 11.3 Å². The van der Waals surface area contributed by atoms with Crippen molar-refractivity contribution in [3.63, 3.8) is 0 Å². The minimum Gasteiger partial charge on any atom is -0.382 e. The number of aryl methyl sites for hydroxylation is 1. The number of aliphatic hydroxyl groups excluding tert-OH is 1. The highest BCUT2D eigenvalue weighted by atomic mass is 19.1. The van der Waals surface area contributed by atoms with E-state index in [1.54, 1.807) is 19.2 Å². The third kappa shape index (κ3) is 2.28. The van der Waals surface area contributed by atoms with Gasteiger partial charge < -0.3 is 5.11 Å². The largest absolute Gasteiger partial charge is 0.382 e. The topological polar surface area (TPSA) is 33.1 Å². The first kappa shape index (κ1) is 12.8. The molecule has 3 aromatic rings. The van der Waals surface area contributed by atoms with Gasteiger partial charge in [0, 0.05) is 11.6 Å². The normalized spacial score (nSPS) is 12.6. The number of benzene rings is 2. The van der Waals surface area contributed by atoms with Gasteiger partial charge in [-0.15, -0.1) is 0 Å². The second-order valence-corrected chi connectivity index (χ2v) is 4.88. The molecule has 1 N–H and O–H groups in total. The molecule has 0 radical (unpaired) electrons. The van der Waals surface area contributed by atoms with E-state index in [1.807, 2.05) is 30.3 Å². The number of aromatic nitrogens is 1. The molecule has 0 saturated carbocycles. The van der Waals surface area contributed by atoms with Crippen molar-refractivity contribution in [1.82, 2.24) is 4.98 Å². The summed E-state index contributed by atoms with van der Waals surface area (Å²) in [7, 11) is 0. The van der Waals surface area contributed by atoms with Crippen molar-refractivity contribution >= 4 is 10.8 Å².